The lowest BCUT2D eigenvalue weighted by atomic mass is 10.0. The Balaban J connectivity index is 2.34. The maximum absolute atomic E-state index is 11.9. The van der Waals surface area contributed by atoms with Crippen LogP contribution in [0.5, 0.6) is 0 Å². The molecule has 0 spiro atoms. The van der Waals surface area contributed by atoms with Crippen molar-refractivity contribution in [2.45, 2.75) is 19.1 Å². The summed E-state index contributed by atoms with van der Waals surface area (Å²) in [5, 5.41) is 28.7. The standard InChI is InChI=1S/C15H14O7S/c1-7(16)23-6-11(18)14(19)8-2-3-12-9(4-8)10(17)5-13(22-12)15(20)21/h2-5,11,14,18-19H,6H2,1H3,(H,20,21). The van der Waals surface area contributed by atoms with E-state index in [1.54, 1.807) is 0 Å². The smallest absolute Gasteiger partial charge is 0.371 e. The first-order valence-electron chi connectivity index (χ1n) is 6.60. The quantitative estimate of drug-likeness (QED) is 0.742. The van der Waals surface area contributed by atoms with Gasteiger partial charge in [-0.3, -0.25) is 9.59 Å². The van der Waals surface area contributed by atoms with Gasteiger partial charge in [0, 0.05) is 18.7 Å². The SMILES string of the molecule is CC(=O)SCC(O)C(O)c1ccc2oc(C(=O)O)cc(=O)c2c1. The molecule has 7 nitrogen and oxygen atoms in total. The van der Waals surface area contributed by atoms with Crippen molar-refractivity contribution in [3.63, 3.8) is 0 Å². The molecule has 0 fully saturated rings. The first kappa shape index (κ1) is 17.2. The topological polar surface area (TPSA) is 125 Å². The van der Waals surface area contributed by atoms with Gasteiger partial charge < -0.3 is 19.7 Å². The van der Waals surface area contributed by atoms with Crippen LogP contribution < -0.4 is 5.43 Å². The second kappa shape index (κ2) is 6.95. The van der Waals surface area contributed by atoms with E-state index in [-0.39, 0.29) is 27.4 Å². The van der Waals surface area contributed by atoms with Crippen molar-refractivity contribution >= 4 is 33.8 Å². The van der Waals surface area contributed by atoms with Crippen LogP contribution in [-0.2, 0) is 4.79 Å². The Morgan fingerprint density at radius 1 is 1.26 bits per heavy atom. The number of aliphatic hydroxyl groups excluding tert-OH is 2. The highest BCUT2D eigenvalue weighted by Crippen LogP contribution is 2.23. The minimum Gasteiger partial charge on any atom is -0.475 e. The predicted molar refractivity (Wildman–Crippen MR) is 83.5 cm³/mol. The maximum Gasteiger partial charge on any atom is 0.371 e. The molecule has 0 radical (unpaired) electrons. The monoisotopic (exact) mass is 338 g/mol. The largest absolute Gasteiger partial charge is 0.475 e. The number of carbonyl (C=O) groups is 2. The Morgan fingerprint density at radius 2 is 1.96 bits per heavy atom. The molecule has 2 atom stereocenters. The lowest BCUT2D eigenvalue weighted by Gasteiger charge is -2.17. The molecule has 0 aliphatic rings. The van der Waals surface area contributed by atoms with Crippen molar-refractivity contribution in [1.29, 1.82) is 0 Å². The van der Waals surface area contributed by atoms with Crippen LogP contribution in [0.3, 0.4) is 0 Å². The molecule has 23 heavy (non-hydrogen) atoms. The lowest BCUT2D eigenvalue weighted by molar-refractivity contribution is -0.109. The third-order valence-electron chi connectivity index (χ3n) is 3.13. The molecule has 0 saturated heterocycles. The van der Waals surface area contributed by atoms with Crippen LogP contribution in [0.4, 0.5) is 0 Å². The number of hydrogen-bond acceptors (Lipinski definition) is 7. The molecular formula is C15H14O7S. The first-order valence-corrected chi connectivity index (χ1v) is 7.58. The molecule has 0 amide bonds. The average Bonchev–Trinajstić information content (AvgIpc) is 2.51. The van der Waals surface area contributed by atoms with E-state index in [1.165, 1.54) is 25.1 Å². The van der Waals surface area contributed by atoms with E-state index in [9.17, 15) is 24.6 Å². The maximum atomic E-state index is 11.9. The Labute approximate surface area is 134 Å². The summed E-state index contributed by atoms with van der Waals surface area (Å²) in [6, 6.07) is 4.96. The molecule has 0 aliphatic heterocycles. The normalized spacial score (nSPS) is 13.7. The predicted octanol–water partition coefficient (Wildman–Crippen LogP) is 1.17. The number of thioether (sulfide) groups is 1. The Kier molecular flexibility index (Phi) is 5.19. The summed E-state index contributed by atoms with van der Waals surface area (Å²) in [7, 11) is 0. The van der Waals surface area contributed by atoms with Gasteiger partial charge in [0.2, 0.25) is 5.76 Å². The van der Waals surface area contributed by atoms with Crippen molar-refractivity contribution < 1.29 is 29.3 Å². The molecule has 3 N–H and O–H groups in total. The second-order valence-electron chi connectivity index (χ2n) is 4.85. The molecule has 0 saturated carbocycles. The number of aliphatic hydroxyl groups is 2. The van der Waals surface area contributed by atoms with Gasteiger partial charge in [-0.05, 0) is 17.7 Å². The van der Waals surface area contributed by atoms with Crippen LogP contribution in [-0.4, -0.2) is 38.3 Å². The van der Waals surface area contributed by atoms with Crippen LogP contribution in [0, 0.1) is 0 Å². The summed E-state index contributed by atoms with van der Waals surface area (Å²) >= 11 is 0.880. The van der Waals surface area contributed by atoms with E-state index in [0.29, 0.717) is 0 Å². The minimum absolute atomic E-state index is 0.0150. The summed E-state index contributed by atoms with van der Waals surface area (Å²) in [6.45, 7) is 1.35. The summed E-state index contributed by atoms with van der Waals surface area (Å²) in [5.74, 6) is -1.82. The van der Waals surface area contributed by atoms with Gasteiger partial charge in [0.15, 0.2) is 10.5 Å². The summed E-state index contributed by atoms with van der Waals surface area (Å²) in [6.07, 6.45) is -2.48. The number of carbonyl (C=O) groups excluding carboxylic acids is 1. The van der Waals surface area contributed by atoms with Gasteiger partial charge in [-0.1, -0.05) is 17.8 Å². The second-order valence-corrected chi connectivity index (χ2v) is 6.05. The third-order valence-corrected chi connectivity index (χ3v) is 4.04. The lowest BCUT2D eigenvalue weighted by Crippen LogP contribution is -2.21. The molecule has 0 bridgehead atoms. The molecule has 8 heteroatoms. The number of carboxylic acids is 1. The highest BCUT2D eigenvalue weighted by Gasteiger charge is 2.20. The van der Waals surface area contributed by atoms with Crippen molar-refractivity contribution in [3.8, 4) is 0 Å². The van der Waals surface area contributed by atoms with Crippen LogP contribution in [0.1, 0.15) is 29.1 Å². The zero-order valence-corrected chi connectivity index (χ0v) is 12.9. The van der Waals surface area contributed by atoms with Gasteiger partial charge in [0.1, 0.15) is 11.7 Å². The summed E-state index contributed by atoms with van der Waals surface area (Å²) < 4.78 is 5.09. The zero-order chi connectivity index (χ0) is 17.1. The van der Waals surface area contributed by atoms with Crippen LogP contribution >= 0.6 is 11.8 Å². The minimum atomic E-state index is -1.36. The fraction of sp³-hybridized carbons (Fsp3) is 0.267. The van der Waals surface area contributed by atoms with Gasteiger partial charge in [-0.25, -0.2) is 4.79 Å². The first-order chi connectivity index (χ1) is 10.8. The van der Waals surface area contributed by atoms with Crippen molar-refractivity contribution in [1.82, 2.24) is 0 Å². The average molecular weight is 338 g/mol. The highest BCUT2D eigenvalue weighted by molar-refractivity contribution is 8.13. The zero-order valence-electron chi connectivity index (χ0n) is 12.1. The number of rotatable bonds is 5. The molecule has 1 heterocycles. The van der Waals surface area contributed by atoms with Gasteiger partial charge in [0.05, 0.1) is 11.5 Å². The van der Waals surface area contributed by atoms with E-state index in [0.717, 1.165) is 17.8 Å². The van der Waals surface area contributed by atoms with E-state index in [1.807, 2.05) is 0 Å². The highest BCUT2D eigenvalue weighted by atomic mass is 32.2. The van der Waals surface area contributed by atoms with E-state index >= 15 is 0 Å². The number of fused-ring (bicyclic) bond motifs is 1. The van der Waals surface area contributed by atoms with E-state index < -0.39 is 29.4 Å². The molecule has 1 aromatic carbocycles. The van der Waals surface area contributed by atoms with Gasteiger partial charge in [-0.2, -0.15) is 0 Å². The number of benzene rings is 1. The summed E-state index contributed by atoms with van der Waals surface area (Å²) in [4.78, 5) is 33.7. The van der Waals surface area contributed by atoms with Crippen molar-refractivity contribution in [2.24, 2.45) is 0 Å². The molecule has 122 valence electrons. The molecule has 2 aromatic rings. The van der Waals surface area contributed by atoms with Gasteiger partial charge >= 0.3 is 5.97 Å². The number of aromatic carboxylic acids is 1. The Hall–Kier alpha value is -2.16. The van der Waals surface area contributed by atoms with Gasteiger partial charge in [0.25, 0.3) is 0 Å². The van der Waals surface area contributed by atoms with E-state index in [2.05, 4.69) is 0 Å². The Morgan fingerprint density at radius 3 is 2.57 bits per heavy atom. The molecular weight excluding hydrogens is 324 g/mol. The van der Waals surface area contributed by atoms with Gasteiger partial charge in [-0.15, -0.1) is 0 Å². The van der Waals surface area contributed by atoms with Crippen molar-refractivity contribution in [2.75, 3.05) is 5.75 Å². The molecule has 2 rings (SSSR count). The summed E-state index contributed by atoms with van der Waals surface area (Å²) in [5.41, 5.74) is -0.228. The van der Waals surface area contributed by atoms with Crippen molar-refractivity contribution in [3.05, 3.63) is 45.8 Å². The van der Waals surface area contributed by atoms with Crippen LogP contribution in [0.25, 0.3) is 11.0 Å². The van der Waals surface area contributed by atoms with E-state index in [4.69, 9.17) is 9.52 Å². The fourth-order valence-electron chi connectivity index (χ4n) is 1.98. The molecule has 1 aromatic heterocycles. The number of hydrogen-bond donors (Lipinski definition) is 3. The molecule has 0 aliphatic carbocycles. The number of carboxylic acid groups (broad SMARTS) is 1. The molecule has 2 unspecified atom stereocenters. The fourth-order valence-corrected chi connectivity index (χ4v) is 2.57. The third kappa shape index (κ3) is 3.98. The Bertz CT molecular complexity index is 811. The van der Waals surface area contributed by atoms with Crippen LogP contribution in [0.15, 0.2) is 33.5 Å². The van der Waals surface area contributed by atoms with Crippen LogP contribution in [0.2, 0.25) is 0 Å².